The second-order valence-corrected chi connectivity index (χ2v) is 7.51. The van der Waals surface area contributed by atoms with Crippen molar-refractivity contribution >= 4 is 11.8 Å². The van der Waals surface area contributed by atoms with Crippen LogP contribution in [0.15, 0.2) is 34.6 Å². The van der Waals surface area contributed by atoms with Gasteiger partial charge in [0.15, 0.2) is 0 Å². The SMILES string of the molecule is C#C/C=C(CCCCC)\C(C(=O)O)=C(\O)C[C@@H]1C=C(C)CC[C@H]1CC(C)=O. The van der Waals surface area contributed by atoms with Crippen LogP contribution in [0.1, 0.15) is 72.1 Å². The first-order valence-electron chi connectivity index (χ1n) is 9.77. The number of hydrogen-bond acceptors (Lipinski definition) is 3. The minimum Gasteiger partial charge on any atom is -0.511 e. The zero-order chi connectivity index (χ0) is 20.4. The van der Waals surface area contributed by atoms with Gasteiger partial charge in [-0.25, -0.2) is 4.79 Å². The minimum atomic E-state index is -1.16. The van der Waals surface area contributed by atoms with Crippen LogP contribution in [-0.2, 0) is 9.59 Å². The third kappa shape index (κ3) is 7.46. The fraction of sp³-hybridized carbons (Fsp3) is 0.565. The van der Waals surface area contributed by atoms with Crippen molar-refractivity contribution in [1.29, 1.82) is 0 Å². The summed E-state index contributed by atoms with van der Waals surface area (Å²) in [5.74, 6) is 1.30. The molecule has 0 aliphatic heterocycles. The van der Waals surface area contributed by atoms with Crippen LogP contribution in [0, 0.1) is 24.2 Å². The van der Waals surface area contributed by atoms with E-state index >= 15 is 0 Å². The van der Waals surface area contributed by atoms with Crippen LogP contribution in [0.5, 0.6) is 0 Å². The number of aliphatic hydroxyl groups is 1. The normalized spacial score (nSPS) is 21.1. The number of carboxylic acids is 1. The van der Waals surface area contributed by atoms with E-state index in [1.54, 1.807) is 6.92 Å². The molecular weight excluding hydrogens is 340 g/mol. The number of hydrogen-bond donors (Lipinski definition) is 2. The molecule has 0 bridgehead atoms. The fourth-order valence-corrected chi connectivity index (χ4v) is 3.77. The highest BCUT2D eigenvalue weighted by Crippen LogP contribution is 2.36. The molecule has 0 aromatic rings. The van der Waals surface area contributed by atoms with Crippen LogP contribution in [-0.4, -0.2) is 22.0 Å². The van der Waals surface area contributed by atoms with Crippen molar-refractivity contribution in [3.63, 3.8) is 0 Å². The Morgan fingerprint density at radius 2 is 2.00 bits per heavy atom. The average molecular weight is 373 g/mol. The molecule has 4 heteroatoms. The van der Waals surface area contributed by atoms with Crippen LogP contribution >= 0.6 is 0 Å². The molecule has 0 unspecified atom stereocenters. The molecule has 2 atom stereocenters. The minimum absolute atomic E-state index is 0.0419. The molecule has 2 N–H and O–H groups in total. The molecule has 0 saturated heterocycles. The Bertz CT molecular complexity index is 673. The van der Waals surface area contributed by atoms with Gasteiger partial charge >= 0.3 is 5.97 Å². The van der Waals surface area contributed by atoms with Crippen LogP contribution in [0.4, 0.5) is 0 Å². The molecule has 4 nitrogen and oxygen atoms in total. The molecule has 0 radical (unpaired) electrons. The highest BCUT2D eigenvalue weighted by atomic mass is 16.4. The second-order valence-electron chi connectivity index (χ2n) is 7.51. The summed E-state index contributed by atoms with van der Waals surface area (Å²) in [6.07, 6.45) is 14.7. The molecule has 1 rings (SSSR count). The largest absolute Gasteiger partial charge is 0.511 e. The van der Waals surface area contributed by atoms with Gasteiger partial charge in [0.1, 0.15) is 17.1 Å². The Kier molecular flexibility index (Phi) is 9.64. The van der Waals surface area contributed by atoms with Gasteiger partial charge in [-0.15, -0.1) is 6.42 Å². The van der Waals surface area contributed by atoms with E-state index in [1.807, 2.05) is 6.92 Å². The van der Waals surface area contributed by atoms with Crippen molar-refractivity contribution < 1.29 is 19.8 Å². The molecule has 0 aromatic carbocycles. The number of aliphatic carboxylic acids is 1. The molecule has 1 aliphatic rings. The Labute approximate surface area is 163 Å². The van der Waals surface area contributed by atoms with E-state index in [0.717, 1.165) is 32.1 Å². The first-order chi connectivity index (χ1) is 12.8. The first-order valence-corrected chi connectivity index (χ1v) is 9.77. The zero-order valence-electron chi connectivity index (χ0n) is 16.8. The zero-order valence-corrected chi connectivity index (χ0v) is 16.8. The third-order valence-electron chi connectivity index (χ3n) is 5.12. The Balaban J connectivity index is 3.15. The van der Waals surface area contributed by atoms with Gasteiger partial charge in [0.05, 0.1) is 0 Å². The van der Waals surface area contributed by atoms with E-state index in [9.17, 15) is 19.8 Å². The monoisotopic (exact) mass is 372 g/mol. The molecule has 27 heavy (non-hydrogen) atoms. The predicted molar refractivity (Wildman–Crippen MR) is 108 cm³/mol. The smallest absolute Gasteiger partial charge is 0.339 e. The summed E-state index contributed by atoms with van der Waals surface area (Å²) >= 11 is 0. The Morgan fingerprint density at radius 1 is 1.30 bits per heavy atom. The van der Waals surface area contributed by atoms with Gasteiger partial charge < -0.3 is 15.0 Å². The number of carboxylic acid groups (broad SMARTS) is 1. The highest BCUT2D eigenvalue weighted by molar-refractivity contribution is 5.92. The van der Waals surface area contributed by atoms with E-state index in [2.05, 4.69) is 18.9 Å². The maximum Gasteiger partial charge on any atom is 0.339 e. The molecule has 0 amide bonds. The lowest BCUT2D eigenvalue weighted by Gasteiger charge is -2.29. The van der Waals surface area contributed by atoms with Gasteiger partial charge in [-0.1, -0.05) is 37.3 Å². The number of carbonyl (C=O) groups excluding carboxylic acids is 1. The fourth-order valence-electron chi connectivity index (χ4n) is 3.77. The molecule has 1 aliphatic carbocycles. The quantitative estimate of drug-likeness (QED) is 0.135. The lowest BCUT2D eigenvalue weighted by Crippen LogP contribution is -2.21. The van der Waals surface area contributed by atoms with Gasteiger partial charge in [0.25, 0.3) is 0 Å². The summed E-state index contributed by atoms with van der Waals surface area (Å²) in [6.45, 7) is 5.68. The van der Waals surface area contributed by atoms with E-state index in [4.69, 9.17) is 6.42 Å². The number of rotatable bonds is 10. The first kappa shape index (κ1) is 22.8. The summed E-state index contributed by atoms with van der Waals surface area (Å²) in [7, 11) is 0. The Hall–Kier alpha value is -2.28. The van der Waals surface area contributed by atoms with Gasteiger partial charge in [-0.3, -0.25) is 0 Å². The van der Waals surface area contributed by atoms with Crippen molar-refractivity contribution in [3.8, 4) is 12.3 Å². The summed E-state index contributed by atoms with van der Waals surface area (Å²) in [5.41, 5.74) is 1.63. The van der Waals surface area contributed by atoms with Gasteiger partial charge in [0.2, 0.25) is 0 Å². The topological polar surface area (TPSA) is 74.6 Å². The van der Waals surface area contributed by atoms with E-state index in [-0.39, 0.29) is 35.4 Å². The maximum atomic E-state index is 11.9. The van der Waals surface area contributed by atoms with Crippen molar-refractivity contribution in [3.05, 3.63) is 34.6 Å². The van der Waals surface area contributed by atoms with Gasteiger partial charge in [0, 0.05) is 12.8 Å². The van der Waals surface area contributed by atoms with Crippen molar-refractivity contribution in [1.82, 2.24) is 0 Å². The van der Waals surface area contributed by atoms with E-state index < -0.39 is 5.97 Å². The van der Waals surface area contributed by atoms with Crippen molar-refractivity contribution in [2.45, 2.75) is 72.1 Å². The molecular formula is C23H32O4. The van der Waals surface area contributed by atoms with Crippen LogP contribution in [0.25, 0.3) is 0 Å². The lowest BCUT2D eigenvalue weighted by atomic mass is 9.76. The number of unbranched alkanes of at least 4 members (excludes halogenated alkanes) is 2. The average Bonchev–Trinajstić information content (AvgIpc) is 2.57. The van der Waals surface area contributed by atoms with Crippen LogP contribution < -0.4 is 0 Å². The standard InChI is InChI=1S/C23H32O4/c1-5-7-8-10-18(9-6-2)22(23(26)27)21(25)15-20-13-16(3)11-12-19(20)14-17(4)24/h2,9,13,19-20,25H,5,7-8,10-12,14-15H2,1,3-4H3,(H,26,27)/b18-9-,22-21-/t19-,20-/m0/s1. The summed E-state index contributed by atoms with van der Waals surface area (Å²) < 4.78 is 0. The maximum absolute atomic E-state index is 11.9. The molecule has 148 valence electrons. The number of aliphatic hydroxyl groups excluding tert-OH is 1. The van der Waals surface area contributed by atoms with E-state index in [0.29, 0.717) is 18.4 Å². The van der Waals surface area contributed by atoms with Crippen LogP contribution in [0.2, 0.25) is 0 Å². The van der Waals surface area contributed by atoms with Gasteiger partial charge in [-0.2, -0.15) is 0 Å². The molecule has 0 heterocycles. The van der Waals surface area contributed by atoms with Crippen LogP contribution in [0.3, 0.4) is 0 Å². The number of carbonyl (C=O) groups is 2. The molecule has 0 aromatic heterocycles. The summed E-state index contributed by atoms with van der Waals surface area (Å²) in [4.78, 5) is 23.4. The molecule has 0 saturated carbocycles. The molecule has 0 fully saturated rings. The number of Topliss-reactive ketones (excluding diaryl/α,β-unsaturated/α-hetero) is 1. The number of terminal acetylenes is 1. The van der Waals surface area contributed by atoms with Crippen molar-refractivity contribution in [2.75, 3.05) is 0 Å². The Morgan fingerprint density at radius 3 is 2.56 bits per heavy atom. The highest BCUT2D eigenvalue weighted by Gasteiger charge is 2.28. The van der Waals surface area contributed by atoms with E-state index in [1.165, 1.54) is 11.6 Å². The second kappa shape index (κ2) is 11.4. The summed E-state index contributed by atoms with van der Waals surface area (Å²) in [5, 5.41) is 20.4. The van der Waals surface area contributed by atoms with Crippen molar-refractivity contribution in [2.24, 2.45) is 11.8 Å². The van der Waals surface area contributed by atoms with Gasteiger partial charge in [-0.05, 0) is 63.0 Å². The lowest BCUT2D eigenvalue weighted by molar-refractivity contribution is -0.132. The summed E-state index contributed by atoms with van der Waals surface area (Å²) in [6, 6.07) is 0. The molecule has 0 spiro atoms. The predicted octanol–water partition coefficient (Wildman–Crippen LogP) is 5.36. The number of ketones is 1. The number of allylic oxidation sites excluding steroid dienone is 4. The third-order valence-corrected chi connectivity index (χ3v) is 5.12.